The zero-order chi connectivity index (χ0) is 10.1. The second kappa shape index (κ2) is 3.50. The number of phenolic OH excluding ortho intramolecular Hbond substituents is 1. The lowest BCUT2D eigenvalue weighted by molar-refractivity contribution is -0.119. The third-order valence-corrected chi connectivity index (χ3v) is 2.84. The molecule has 1 unspecified atom stereocenters. The minimum atomic E-state index is 0.0365. The van der Waals surface area contributed by atoms with Crippen molar-refractivity contribution in [3.8, 4) is 5.75 Å². The van der Waals surface area contributed by atoms with Crippen LogP contribution in [0.1, 0.15) is 17.9 Å². The molecular weight excluding hydrogens is 202 g/mol. The number of rotatable bonds is 1. The van der Waals surface area contributed by atoms with Crippen molar-refractivity contribution in [3.63, 3.8) is 0 Å². The Balaban J connectivity index is 2.32. The van der Waals surface area contributed by atoms with Crippen LogP contribution in [0.15, 0.2) is 18.2 Å². The van der Waals surface area contributed by atoms with Crippen LogP contribution in [0.3, 0.4) is 0 Å². The number of hydrogen-bond acceptors (Lipinski definition) is 2. The monoisotopic (exact) mass is 211 g/mol. The van der Waals surface area contributed by atoms with E-state index in [2.05, 4.69) is 5.32 Å². The van der Waals surface area contributed by atoms with Crippen LogP contribution in [0.4, 0.5) is 0 Å². The molecule has 0 bridgehead atoms. The van der Waals surface area contributed by atoms with Crippen molar-refractivity contribution in [1.29, 1.82) is 0 Å². The van der Waals surface area contributed by atoms with Crippen molar-refractivity contribution in [2.24, 2.45) is 0 Å². The number of nitrogens with one attached hydrogen (secondary N) is 1. The summed E-state index contributed by atoms with van der Waals surface area (Å²) in [4.78, 5) is 11.0. The second-order valence-electron chi connectivity index (χ2n) is 3.39. The maximum atomic E-state index is 11.0. The van der Waals surface area contributed by atoms with Crippen molar-refractivity contribution in [1.82, 2.24) is 5.32 Å². The standard InChI is InChI=1S/C10H10ClNO2/c11-10-7(2-1-3-8(10)13)6-4-9(14)12-5-6/h1-3,6,13H,4-5H2,(H,12,14). The fraction of sp³-hybridized carbons (Fsp3) is 0.300. The first kappa shape index (κ1) is 9.34. The molecule has 2 rings (SSSR count). The Kier molecular flexibility index (Phi) is 2.33. The highest BCUT2D eigenvalue weighted by Crippen LogP contribution is 2.34. The Hall–Kier alpha value is -1.22. The molecule has 1 aliphatic rings. The van der Waals surface area contributed by atoms with E-state index in [0.717, 1.165) is 5.56 Å². The summed E-state index contributed by atoms with van der Waals surface area (Å²) in [5, 5.41) is 12.5. The Labute approximate surface area is 86.7 Å². The van der Waals surface area contributed by atoms with Gasteiger partial charge in [-0.3, -0.25) is 4.79 Å². The number of hydrogen-bond donors (Lipinski definition) is 2. The summed E-state index contributed by atoms with van der Waals surface area (Å²) in [7, 11) is 0. The molecule has 1 atom stereocenters. The van der Waals surface area contributed by atoms with Gasteiger partial charge in [-0.1, -0.05) is 23.7 Å². The van der Waals surface area contributed by atoms with Gasteiger partial charge in [-0.25, -0.2) is 0 Å². The highest BCUT2D eigenvalue weighted by atomic mass is 35.5. The summed E-state index contributed by atoms with van der Waals surface area (Å²) >= 11 is 5.93. The van der Waals surface area contributed by atoms with Gasteiger partial charge in [0, 0.05) is 18.9 Å². The third kappa shape index (κ3) is 1.55. The Morgan fingerprint density at radius 3 is 2.93 bits per heavy atom. The fourth-order valence-electron chi connectivity index (χ4n) is 1.68. The first-order chi connectivity index (χ1) is 6.68. The number of amides is 1. The van der Waals surface area contributed by atoms with E-state index in [0.29, 0.717) is 18.0 Å². The van der Waals surface area contributed by atoms with Crippen molar-refractivity contribution in [3.05, 3.63) is 28.8 Å². The van der Waals surface area contributed by atoms with E-state index < -0.39 is 0 Å². The van der Waals surface area contributed by atoms with Crippen LogP contribution in [0.5, 0.6) is 5.75 Å². The molecule has 0 radical (unpaired) electrons. The molecule has 0 aliphatic carbocycles. The van der Waals surface area contributed by atoms with Gasteiger partial charge in [-0.05, 0) is 11.6 Å². The predicted molar refractivity (Wildman–Crippen MR) is 53.5 cm³/mol. The van der Waals surface area contributed by atoms with Gasteiger partial charge in [-0.2, -0.15) is 0 Å². The lowest BCUT2D eigenvalue weighted by Gasteiger charge is -2.10. The van der Waals surface area contributed by atoms with Gasteiger partial charge in [0.05, 0.1) is 5.02 Å². The second-order valence-corrected chi connectivity index (χ2v) is 3.76. The van der Waals surface area contributed by atoms with Gasteiger partial charge < -0.3 is 10.4 Å². The summed E-state index contributed by atoms with van der Waals surface area (Å²) in [6.45, 7) is 0.599. The van der Waals surface area contributed by atoms with Gasteiger partial charge in [0.15, 0.2) is 0 Å². The summed E-state index contributed by atoms with van der Waals surface area (Å²) in [6, 6.07) is 5.11. The number of carbonyl (C=O) groups excluding carboxylic acids is 1. The molecule has 1 aromatic rings. The van der Waals surface area contributed by atoms with Crippen molar-refractivity contribution < 1.29 is 9.90 Å². The molecule has 0 spiro atoms. The first-order valence-corrected chi connectivity index (χ1v) is 4.80. The van der Waals surface area contributed by atoms with Gasteiger partial charge in [0.25, 0.3) is 0 Å². The average Bonchev–Trinajstić information content (AvgIpc) is 2.57. The van der Waals surface area contributed by atoms with Gasteiger partial charge in [-0.15, -0.1) is 0 Å². The largest absolute Gasteiger partial charge is 0.506 e. The predicted octanol–water partition coefficient (Wildman–Crippen LogP) is 1.65. The lowest BCUT2D eigenvalue weighted by atomic mass is 9.98. The van der Waals surface area contributed by atoms with Crippen molar-refractivity contribution in [2.45, 2.75) is 12.3 Å². The number of carbonyl (C=O) groups is 1. The molecule has 3 nitrogen and oxygen atoms in total. The van der Waals surface area contributed by atoms with Gasteiger partial charge >= 0.3 is 0 Å². The van der Waals surface area contributed by atoms with Gasteiger partial charge in [0.2, 0.25) is 5.91 Å². The van der Waals surface area contributed by atoms with E-state index in [9.17, 15) is 9.90 Å². The number of aromatic hydroxyl groups is 1. The van der Waals surface area contributed by atoms with Crippen molar-refractivity contribution in [2.75, 3.05) is 6.54 Å². The Morgan fingerprint density at radius 1 is 1.50 bits per heavy atom. The molecule has 1 aromatic carbocycles. The van der Waals surface area contributed by atoms with Crippen LogP contribution in [-0.2, 0) is 4.79 Å². The topological polar surface area (TPSA) is 49.3 Å². The molecule has 0 saturated carbocycles. The van der Waals surface area contributed by atoms with E-state index in [1.807, 2.05) is 6.07 Å². The van der Waals surface area contributed by atoms with Crippen LogP contribution >= 0.6 is 11.6 Å². The van der Waals surface area contributed by atoms with E-state index in [-0.39, 0.29) is 17.6 Å². The van der Waals surface area contributed by atoms with E-state index in [4.69, 9.17) is 11.6 Å². The number of halogens is 1. The van der Waals surface area contributed by atoms with Gasteiger partial charge in [0.1, 0.15) is 5.75 Å². The summed E-state index contributed by atoms with van der Waals surface area (Å²) in [5.74, 6) is 0.194. The number of phenols is 1. The molecular formula is C10H10ClNO2. The summed E-state index contributed by atoms with van der Waals surface area (Å²) in [6.07, 6.45) is 0.448. The Bertz CT molecular complexity index is 378. The molecule has 74 valence electrons. The zero-order valence-corrected chi connectivity index (χ0v) is 8.21. The zero-order valence-electron chi connectivity index (χ0n) is 7.46. The first-order valence-electron chi connectivity index (χ1n) is 4.42. The molecule has 1 heterocycles. The molecule has 1 amide bonds. The van der Waals surface area contributed by atoms with E-state index >= 15 is 0 Å². The molecule has 4 heteroatoms. The Morgan fingerprint density at radius 2 is 2.29 bits per heavy atom. The summed E-state index contributed by atoms with van der Waals surface area (Å²) in [5.41, 5.74) is 0.838. The number of benzene rings is 1. The van der Waals surface area contributed by atoms with Crippen molar-refractivity contribution >= 4 is 17.5 Å². The maximum absolute atomic E-state index is 11.0. The fourth-order valence-corrected chi connectivity index (χ4v) is 1.96. The van der Waals surface area contributed by atoms with E-state index in [1.165, 1.54) is 6.07 Å². The average molecular weight is 212 g/mol. The third-order valence-electron chi connectivity index (χ3n) is 2.43. The molecule has 0 aromatic heterocycles. The molecule has 1 fully saturated rings. The van der Waals surface area contributed by atoms with Crippen LogP contribution in [0.25, 0.3) is 0 Å². The van der Waals surface area contributed by atoms with E-state index in [1.54, 1.807) is 6.07 Å². The normalized spacial score (nSPS) is 20.9. The summed E-state index contributed by atoms with van der Waals surface area (Å²) < 4.78 is 0. The lowest BCUT2D eigenvalue weighted by Crippen LogP contribution is -2.13. The molecule has 2 N–H and O–H groups in total. The molecule has 14 heavy (non-hydrogen) atoms. The highest BCUT2D eigenvalue weighted by Gasteiger charge is 2.25. The molecule has 1 aliphatic heterocycles. The minimum Gasteiger partial charge on any atom is -0.506 e. The van der Waals surface area contributed by atoms with Crippen LogP contribution in [0, 0.1) is 0 Å². The maximum Gasteiger partial charge on any atom is 0.220 e. The minimum absolute atomic E-state index is 0.0365. The van der Waals surface area contributed by atoms with Crippen LogP contribution < -0.4 is 5.32 Å². The highest BCUT2D eigenvalue weighted by molar-refractivity contribution is 6.32. The smallest absolute Gasteiger partial charge is 0.220 e. The van der Waals surface area contributed by atoms with Crippen LogP contribution in [-0.4, -0.2) is 17.6 Å². The van der Waals surface area contributed by atoms with Crippen LogP contribution in [0.2, 0.25) is 5.02 Å². The molecule has 1 saturated heterocycles. The quantitative estimate of drug-likeness (QED) is 0.742. The SMILES string of the molecule is O=C1CC(c2cccc(O)c2Cl)CN1.